The largest absolute Gasteiger partial charge is 0.496 e. The highest BCUT2D eigenvalue weighted by atomic mass is 35.5. The van der Waals surface area contributed by atoms with E-state index in [2.05, 4.69) is 10.3 Å². The van der Waals surface area contributed by atoms with E-state index in [0.29, 0.717) is 5.56 Å². The van der Waals surface area contributed by atoms with Crippen LogP contribution < -0.4 is 10.1 Å². The highest BCUT2D eigenvalue weighted by Gasteiger charge is 2.15. The van der Waals surface area contributed by atoms with Crippen LogP contribution in [0.25, 0.3) is 0 Å². The molecule has 1 amide bonds. The Labute approximate surface area is 133 Å². The lowest BCUT2D eigenvalue weighted by molar-refractivity contribution is 0.0939. The van der Waals surface area contributed by atoms with Gasteiger partial charge in [-0.1, -0.05) is 41.4 Å². The minimum Gasteiger partial charge on any atom is -0.496 e. The van der Waals surface area contributed by atoms with Gasteiger partial charge >= 0.3 is 0 Å². The van der Waals surface area contributed by atoms with E-state index in [-0.39, 0.29) is 22.1 Å². The Balaban J connectivity index is 2.16. The fourth-order valence-corrected chi connectivity index (χ4v) is 2.20. The van der Waals surface area contributed by atoms with E-state index in [1.807, 2.05) is 31.2 Å². The van der Waals surface area contributed by atoms with Gasteiger partial charge in [0.1, 0.15) is 10.9 Å². The van der Waals surface area contributed by atoms with Crippen molar-refractivity contribution in [2.45, 2.75) is 13.0 Å². The number of carbonyl (C=O) groups is 1. The highest BCUT2D eigenvalue weighted by Crippen LogP contribution is 2.25. The zero-order valence-corrected chi connectivity index (χ0v) is 13.1. The molecule has 110 valence electrons. The van der Waals surface area contributed by atoms with Crippen LogP contribution in [0.15, 0.2) is 36.5 Å². The molecule has 0 aliphatic heterocycles. The lowest BCUT2D eigenvalue weighted by atomic mass is 10.1. The van der Waals surface area contributed by atoms with E-state index in [4.69, 9.17) is 27.9 Å². The number of rotatable bonds is 4. The summed E-state index contributed by atoms with van der Waals surface area (Å²) in [5.41, 5.74) is 1.24. The van der Waals surface area contributed by atoms with Gasteiger partial charge in [-0.25, -0.2) is 4.98 Å². The predicted octanol–water partition coefficient (Wildman–Crippen LogP) is 3.89. The molecule has 0 aliphatic carbocycles. The van der Waals surface area contributed by atoms with Gasteiger partial charge in [0.05, 0.1) is 23.7 Å². The molecule has 0 fully saturated rings. The van der Waals surface area contributed by atoms with Crippen molar-refractivity contribution in [2.75, 3.05) is 7.11 Å². The van der Waals surface area contributed by atoms with E-state index < -0.39 is 0 Å². The van der Waals surface area contributed by atoms with Gasteiger partial charge < -0.3 is 10.1 Å². The van der Waals surface area contributed by atoms with Gasteiger partial charge in [0.15, 0.2) is 0 Å². The lowest BCUT2D eigenvalue weighted by Crippen LogP contribution is -2.27. The summed E-state index contributed by atoms with van der Waals surface area (Å²) >= 11 is 11.6. The molecule has 1 atom stereocenters. The molecule has 1 aromatic heterocycles. The van der Waals surface area contributed by atoms with Crippen LogP contribution in [-0.2, 0) is 0 Å². The molecular weight excluding hydrogens is 311 g/mol. The molecule has 1 N–H and O–H groups in total. The zero-order valence-electron chi connectivity index (χ0n) is 11.6. The minimum atomic E-state index is -0.278. The Hall–Kier alpha value is -1.78. The van der Waals surface area contributed by atoms with Crippen LogP contribution in [0.3, 0.4) is 0 Å². The van der Waals surface area contributed by atoms with Gasteiger partial charge in [0.25, 0.3) is 5.91 Å². The molecule has 2 rings (SSSR count). The summed E-state index contributed by atoms with van der Waals surface area (Å²) in [6.07, 6.45) is 1.39. The Morgan fingerprint density at radius 3 is 2.71 bits per heavy atom. The zero-order chi connectivity index (χ0) is 15.4. The molecule has 1 aromatic carbocycles. The van der Waals surface area contributed by atoms with Gasteiger partial charge in [0.2, 0.25) is 0 Å². The molecule has 1 heterocycles. The van der Waals surface area contributed by atoms with Crippen LogP contribution in [0.1, 0.15) is 28.9 Å². The smallest absolute Gasteiger partial charge is 0.253 e. The first kappa shape index (κ1) is 15.6. The molecular formula is C15H14Cl2N2O2. The summed E-state index contributed by atoms with van der Waals surface area (Å²) in [6.45, 7) is 1.88. The van der Waals surface area contributed by atoms with Gasteiger partial charge in [-0.05, 0) is 19.1 Å². The average Bonchev–Trinajstić information content (AvgIpc) is 2.49. The van der Waals surface area contributed by atoms with Crippen LogP contribution in [0.4, 0.5) is 0 Å². The number of para-hydroxylation sites is 1. The number of methoxy groups -OCH3 is 1. The number of amides is 1. The maximum Gasteiger partial charge on any atom is 0.253 e. The number of hydrogen-bond acceptors (Lipinski definition) is 3. The van der Waals surface area contributed by atoms with Crippen LogP contribution >= 0.6 is 23.2 Å². The van der Waals surface area contributed by atoms with E-state index in [1.54, 1.807) is 7.11 Å². The second-order valence-corrected chi connectivity index (χ2v) is 5.20. The Bertz CT molecular complexity index is 662. The standard InChI is InChI=1S/C15H14Cl2N2O2/c1-9(11-5-3-4-6-13(11)21-2)19-15(20)10-7-12(16)14(17)18-8-10/h3-9H,1-2H3,(H,19,20)/t9-/m0/s1. The Morgan fingerprint density at radius 1 is 1.33 bits per heavy atom. The third-order valence-corrected chi connectivity index (χ3v) is 3.70. The monoisotopic (exact) mass is 324 g/mol. The van der Waals surface area contributed by atoms with Gasteiger partial charge in [-0.2, -0.15) is 0 Å². The summed E-state index contributed by atoms with van der Waals surface area (Å²) in [6, 6.07) is 8.78. The number of halogens is 2. The molecule has 6 heteroatoms. The third-order valence-electron chi connectivity index (χ3n) is 3.01. The predicted molar refractivity (Wildman–Crippen MR) is 83.1 cm³/mol. The summed E-state index contributed by atoms with van der Waals surface area (Å²) in [7, 11) is 1.59. The van der Waals surface area contributed by atoms with Crippen LogP contribution in [0.5, 0.6) is 5.75 Å². The number of hydrogen-bond donors (Lipinski definition) is 1. The first-order valence-electron chi connectivity index (χ1n) is 6.27. The molecule has 21 heavy (non-hydrogen) atoms. The maximum absolute atomic E-state index is 12.2. The molecule has 4 nitrogen and oxygen atoms in total. The summed E-state index contributed by atoms with van der Waals surface area (Å²) in [4.78, 5) is 16.1. The van der Waals surface area contributed by atoms with E-state index in [0.717, 1.165) is 11.3 Å². The Kier molecular flexibility index (Phi) is 5.04. The van der Waals surface area contributed by atoms with Crippen molar-refractivity contribution in [1.82, 2.24) is 10.3 Å². The van der Waals surface area contributed by atoms with Gasteiger partial charge in [-0.15, -0.1) is 0 Å². The molecule has 0 bridgehead atoms. The second-order valence-electron chi connectivity index (χ2n) is 4.43. The van der Waals surface area contributed by atoms with E-state index in [1.165, 1.54) is 12.3 Å². The van der Waals surface area contributed by atoms with Crippen LogP contribution in [0.2, 0.25) is 10.2 Å². The van der Waals surface area contributed by atoms with Crippen molar-refractivity contribution in [3.8, 4) is 5.75 Å². The van der Waals surface area contributed by atoms with Crippen LogP contribution in [0, 0.1) is 0 Å². The fourth-order valence-electron chi connectivity index (χ4n) is 1.93. The molecule has 0 saturated heterocycles. The van der Waals surface area contributed by atoms with Crippen molar-refractivity contribution in [3.63, 3.8) is 0 Å². The lowest BCUT2D eigenvalue weighted by Gasteiger charge is -2.17. The molecule has 0 spiro atoms. The maximum atomic E-state index is 12.2. The molecule has 0 aliphatic rings. The van der Waals surface area contributed by atoms with Crippen LogP contribution in [-0.4, -0.2) is 18.0 Å². The number of nitrogens with one attached hydrogen (secondary N) is 1. The number of carbonyl (C=O) groups excluding carboxylic acids is 1. The normalized spacial score (nSPS) is 11.8. The van der Waals surface area contributed by atoms with Gasteiger partial charge in [0, 0.05) is 11.8 Å². The molecule has 0 unspecified atom stereocenters. The average molecular weight is 325 g/mol. The van der Waals surface area contributed by atoms with E-state index >= 15 is 0 Å². The summed E-state index contributed by atoms with van der Waals surface area (Å²) < 4.78 is 5.29. The van der Waals surface area contributed by atoms with Crippen molar-refractivity contribution in [3.05, 3.63) is 57.8 Å². The first-order valence-corrected chi connectivity index (χ1v) is 7.03. The molecule has 0 saturated carbocycles. The Morgan fingerprint density at radius 2 is 2.05 bits per heavy atom. The summed E-state index contributed by atoms with van der Waals surface area (Å²) in [5.74, 6) is 0.442. The number of ether oxygens (including phenoxy) is 1. The third kappa shape index (κ3) is 3.65. The fraction of sp³-hybridized carbons (Fsp3) is 0.200. The second kappa shape index (κ2) is 6.78. The van der Waals surface area contributed by atoms with Crippen molar-refractivity contribution < 1.29 is 9.53 Å². The number of pyridine rings is 1. The summed E-state index contributed by atoms with van der Waals surface area (Å²) in [5, 5.41) is 3.29. The highest BCUT2D eigenvalue weighted by molar-refractivity contribution is 6.41. The molecule has 0 radical (unpaired) electrons. The first-order chi connectivity index (χ1) is 10.0. The molecule has 2 aromatic rings. The topological polar surface area (TPSA) is 51.2 Å². The number of nitrogens with zero attached hydrogens (tertiary/aromatic N) is 1. The van der Waals surface area contributed by atoms with Crippen molar-refractivity contribution >= 4 is 29.1 Å². The number of benzene rings is 1. The van der Waals surface area contributed by atoms with Crippen molar-refractivity contribution in [1.29, 1.82) is 0 Å². The van der Waals surface area contributed by atoms with Gasteiger partial charge in [-0.3, -0.25) is 4.79 Å². The van der Waals surface area contributed by atoms with Crippen molar-refractivity contribution in [2.24, 2.45) is 0 Å². The minimum absolute atomic E-state index is 0.172. The number of aromatic nitrogens is 1. The SMILES string of the molecule is COc1ccccc1[C@H](C)NC(=O)c1cnc(Cl)c(Cl)c1. The van der Waals surface area contributed by atoms with E-state index in [9.17, 15) is 4.79 Å². The quantitative estimate of drug-likeness (QED) is 0.868.